The highest BCUT2D eigenvalue weighted by Gasteiger charge is 2.15. The third-order valence-corrected chi connectivity index (χ3v) is 3.74. The summed E-state index contributed by atoms with van der Waals surface area (Å²) in [4.78, 5) is 23.9. The van der Waals surface area contributed by atoms with Gasteiger partial charge in [0.1, 0.15) is 6.04 Å². The van der Waals surface area contributed by atoms with Gasteiger partial charge in [-0.1, -0.05) is 42.0 Å². The summed E-state index contributed by atoms with van der Waals surface area (Å²) in [5, 5.41) is 5.56. The maximum Gasteiger partial charge on any atom is 0.251 e. The molecule has 126 valence electrons. The van der Waals surface area contributed by atoms with Crippen molar-refractivity contribution in [3.8, 4) is 0 Å². The van der Waals surface area contributed by atoms with Crippen molar-refractivity contribution in [2.75, 3.05) is 6.54 Å². The number of carbonyl (C=O) groups is 2. The molecule has 2 aromatic rings. The molecular formula is C19H23N3O2. The van der Waals surface area contributed by atoms with Gasteiger partial charge in [0.05, 0.1) is 0 Å². The van der Waals surface area contributed by atoms with Crippen LogP contribution in [0.3, 0.4) is 0 Å². The average Bonchev–Trinajstić information content (AvgIpc) is 2.60. The topological polar surface area (TPSA) is 84.2 Å². The number of hydrogen-bond donors (Lipinski definition) is 3. The molecule has 5 nitrogen and oxygen atoms in total. The van der Waals surface area contributed by atoms with Crippen LogP contribution in [0.1, 0.15) is 40.0 Å². The van der Waals surface area contributed by atoms with Gasteiger partial charge in [-0.3, -0.25) is 9.59 Å². The van der Waals surface area contributed by atoms with Crippen molar-refractivity contribution in [3.05, 3.63) is 70.8 Å². The number of aryl methyl sites for hydroxylation is 1. The van der Waals surface area contributed by atoms with Crippen molar-refractivity contribution >= 4 is 11.8 Å². The Morgan fingerprint density at radius 3 is 2.21 bits per heavy atom. The zero-order valence-corrected chi connectivity index (χ0v) is 14.0. The van der Waals surface area contributed by atoms with Crippen molar-refractivity contribution < 1.29 is 9.59 Å². The van der Waals surface area contributed by atoms with Crippen molar-refractivity contribution in [1.29, 1.82) is 0 Å². The lowest BCUT2D eigenvalue weighted by atomic mass is 10.1. The molecule has 1 atom stereocenters. The molecule has 1 unspecified atom stereocenters. The third-order valence-electron chi connectivity index (χ3n) is 3.74. The van der Waals surface area contributed by atoms with Crippen LogP contribution in [0.5, 0.6) is 0 Å². The number of nitrogens with one attached hydrogen (secondary N) is 2. The van der Waals surface area contributed by atoms with E-state index in [1.54, 1.807) is 12.1 Å². The lowest BCUT2D eigenvalue weighted by Crippen LogP contribution is -2.33. The quantitative estimate of drug-likeness (QED) is 0.760. The van der Waals surface area contributed by atoms with Gasteiger partial charge in [-0.25, -0.2) is 0 Å². The van der Waals surface area contributed by atoms with Gasteiger partial charge < -0.3 is 16.4 Å². The van der Waals surface area contributed by atoms with Crippen LogP contribution in [0, 0.1) is 6.92 Å². The van der Waals surface area contributed by atoms with Gasteiger partial charge in [0.15, 0.2) is 0 Å². The first-order valence-electron chi connectivity index (χ1n) is 7.98. The lowest BCUT2D eigenvalue weighted by Gasteiger charge is -2.13. The molecule has 2 amide bonds. The van der Waals surface area contributed by atoms with Crippen LogP contribution in [0.4, 0.5) is 0 Å². The van der Waals surface area contributed by atoms with Crippen molar-refractivity contribution in [2.24, 2.45) is 5.73 Å². The summed E-state index contributed by atoms with van der Waals surface area (Å²) in [6, 6.07) is 14.0. The second-order valence-electron chi connectivity index (χ2n) is 5.66. The van der Waals surface area contributed by atoms with Gasteiger partial charge in [-0.05, 0) is 37.1 Å². The highest BCUT2D eigenvalue weighted by molar-refractivity contribution is 5.94. The summed E-state index contributed by atoms with van der Waals surface area (Å²) < 4.78 is 0. The van der Waals surface area contributed by atoms with Gasteiger partial charge in [0.2, 0.25) is 5.91 Å². The second kappa shape index (κ2) is 8.26. The first-order valence-corrected chi connectivity index (χ1v) is 7.98. The van der Waals surface area contributed by atoms with E-state index in [1.165, 1.54) is 0 Å². The van der Waals surface area contributed by atoms with Crippen molar-refractivity contribution in [2.45, 2.75) is 26.4 Å². The Morgan fingerprint density at radius 2 is 1.62 bits per heavy atom. The first-order chi connectivity index (χ1) is 11.5. The molecule has 0 aliphatic carbocycles. The van der Waals surface area contributed by atoms with Crippen LogP contribution in [0.15, 0.2) is 48.5 Å². The Hall–Kier alpha value is -2.66. The molecule has 0 bridgehead atoms. The van der Waals surface area contributed by atoms with Crippen LogP contribution in [-0.2, 0) is 11.3 Å². The van der Waals surface area contributed by atoms with Crippen molar-refractivity contribution in [3.63, 3.8) is 0 Å². The van der Waals surface area contributed by atoms with E-state index >= 15 is 0 Å². The number of benzene rings is 2. The van der Waals surface area contributed by atoms with Gasteiger partial charge in [-0.2, -0.15) is 0 Å². The standard InChI is InChI=1S/C19H23N3O2/c1-3-21-18(23)16-10-6-14(7-11-16)12-22-19(24)17(20)15-8-4-13(2)5-9-15/h4-11,17H,3,12,20H2,1-2H3,(H,21,23)(H,22,24). The summed E-state index contributed by atoms with van der Waals surface area (Å²) >= 11 is 0. The van der Waals surface area contributed by atoms with Gasteiger partial charge >= 0.3 is 0 Å². The SMILES string of the molecule is CCNC(=O)c1ccc(CNC(=O)C(N)c2ccc(C)cc2)cc1. The van der Waals surface area contributed by atoms with E-state index in [-0.39, 0.29) is 11.8 Å². The molecule has 2 rings (SSSR count). The molecule has 0 aromatic heterocycles. The van der Waals surface area contributed by atoms with E-state index < -0.39 is 6.04 Å². The van der Waals surface area contributed by atoms with E-state index in [0.717, 1.165) is 16.7 Å². The van der Waals surface area contributed by atoms with Crippen LogP contribution < -0.4 is 16.4 Å². The number of hydrogen-bond acceptors (Lipinski definition) is 3. The summed E-state index contributed by atoms with van der Waals surface area (Å²) in [5.41, 5.74) is 9.40. The first kappa shape index (κ1) is 17.7. The molecule has 0 aliphatic rings. The summed E-state index contributed by atoms with van der Waals surface area (Å²) in [7, 11) is 0. The number of nitrogens with two attached hydrogens (primary N) is 1. The number of rotatable bonds is 6. The molecule has 0 saturated heterocycles. The van der Waals surface area contributed by atoms with Crippen molar-refractivity contribution in [1.82, 2.24) is 10.6 Å². The van der Waals surface area contributed by atoms with Crippen LogP contribution >= 0.6 is 0 Å². The summed E-state index contributed by atoms with van der Waals surface area (Å²) in [6.45, 7) is 4.82. The Morgan fingerprint density at radius 1 is 1.00 bits per heavy atom. The Balaban J connectivity index is 1.91. The lowest BCUT2D eigenvalue weighted by molar-refractivity contribution is -0.122. The fourth-order valence-corrected chi connectivity index (χ4v) is 2.26. The predicted octanol–water partition coefficient (Wildman–Crippen LogP) is 2.06. The molecule has 5 heteroatoms. The zero-order valence-electron chi connectivity index (χ0n) is 14.0. The Kier molecular flexibility index (Phi) is 6.09. The van der Waals surface area contributed by atoms with Crippen LogP contribution in [0.2, 0.25) is 0 Å². The Labute approximate surface area is 142 Å². The van der Waals surface area contributed by atoms with E-state index in [4.69, 9.17) is 5.73 Å². The summed E-state index contributed by atoms with van der Waals surface area (Å²) in [5.74, 6) is -0.332. The normalized spacial score (nSPS) is 11.6. The minimum absolute atomic E-state index is 0.102. The minimum Gasteiger partial charge on any atom is -0.352 e. The van der Waals surface area contributed by atoms with E-state index in [1.807, 2.05) is 50.2 Å². The van der Waals surface area contributed by atoms with E-state index in [2.05, 4.69) is 10.6 Å². The average molecular weight is 325 g/mol. The fraction of sp³-hybridized carbons (Fsp3) is 0.263. The smallest absolute Gasteiger partial charge is 0.251 e. The largest absolute Gasteiger partial charge is 0.352 e. The highest BCUT2D eigenvalue weighted by atomic mass is 16.2. The molecule has 0 radical (unpaired) electrons. The number of carbonyl (C=O) groups excluding carboxylic acids is 2. The fourth-order valence-electron chi connectivity index (χ4n) is 2.26. The van der Waals surface area contributed by atoms with E-state index in [9.17, 15) is 9.59 Å². The molecular weight excluding hydrogens is 302 g/mol. The monoisotopic (exact) mass is 325 g/mol. The molecule has 0 aliphatic heterocycles. The maximum absolute atomic E-state index is 12.2. The molecule has 0 spiro atoms. The predicted molar refractivity (Wildman–Crippen MR) is 94.4 cm³/mol. The molecule has 4 N–H and O–H groups in total. The Bertz CT molecular complexity index is 694. The maximum atomic E-state index is 12.2. The van der Waals surface area contributed by atoms with Crippen LogP contribution in [0.25, 0.3) is 0 Å². The van der Waals surface area contributed by atoms with Crippen LogP contribution in [-0.4, -0.2) is 18.4 Å². The molecule has 0 heterocycles. The second-order valence-corrected chi connectivity index (χ2v) is 5.66. The highest BCUT2D eigenvalue weighted by Crippen LogP contribution is 2.12. The van der Waals surface area contributed by atoms with Gasteiger partial charge in [0, 0.05) is 18.7 Å². The van der Waals surface area contributed by atoms with Gasteiger partial charge in [-0.15, -0.1) is 0 Å². The molecule has 0 saturated carbocycles. The molecule has 2 aromatic carbocycles. The van der Waals surface area contributed by atoms with Gasteiger partial charge in [0.25, 0.3) is 5.91 Å². The minimum atomic E-state index is -0.694. The third kappa shape index (κ3) is 4.67. The summed E-state index contributed by atoms with van der Waals surface area (Å²) in [6.07, 6.45) is 0. The molecule has 0 fully saturated rings. The zero-order chi connectivity index (χ0) is 17.5. The number of amides is 2. The van der Waals surface area contributed by atoms with E-state index in [0.29, 0.717) is 18.7 Å². The molecule has 24 heavy (non-hydrogen) atoms.